The zero-order valence-corrected chi connectivity index (χ0v) is 10.9. The van der Waals surface area contributed by atoms with Crippen LogP contribution in [0.3, 0.4) is 0 Å². The first-order chi connectivity index (χ1) is 8.05. The molecule has 7 heteroatoms. The van der Waals surface area contributed by atoms with Crippen molar-refractivity contribution in [2.75, 3.05) is 18.8 Å². The van der Waals surface area contributed by atoms with Crippen LogP contribution < -0.4 is 10.0 Å². The second-order valence-electron chi connectivity index (χ2n) is 3.62. The lowest BCUT2D eigenvalue weighted by Crippen LogP contribution is -2.32. The highest BCUT2D eigenvalue weighted by molar-refractivity contribution is 7.89. The van der Waals surface area contributed by atoms with Gasteiger partial charge in [-0.25, -0.2) is 13.1 Å². The van der Waals surface area contributed by atoms with Crippen LogP contribution in [0.15, 0.2) is 18.6 Å². The highest BCUT2D eigenvalue weighted by atomic mass is 32.2. The molecule has 0 aromatic carbocycles. The highest BCUT2D eigenvalue weighted by Crippen LogP contribution is 2.05. The Kier molecular flexibility index (Phi) is 5.46. The van der Waals surface area contributed by atoms with E-state index in [4.69, 9.17) is 0 Å². The van der Waals surface area contributed by atoms with Crippen molar-refractivity contribution in [2.45, 2.75) is 19.9 Å². The number of hydrogen-bond acceptors (Lipinski definition) is 5. The molecule has 0 saturated carbocycles. The molecule has 0 bridgehead atoms. The minimum absolute atomic E-state index is 0.0134. The number of rotatable bonds is 7. The van der Waals surface area contributed by atoms with Gasteiger partial charge in [0.1, 0.15) is 0 Å². The van der Waals surface area contributed by atoms with E-state index in [0.29, 0.717) is 13.1 Å². The van der Waals surface area contributed by atoms with Gasteiger partial charge in [0.2, 0.25) is 10.0 Å². The standard InChI is InChI=1S/C10H18N4O2S/c1-3-14-17(15,16)7-6-12-9(2)10-8-11-4-5-13-10/h4-5,8-9,12,14H,3,6-7H2,1-2H3. The quantitative estimate of drug-likeness (QED) is 0.723. The Morgan fingerprint density at radius 1 is 1.41 bits per heavy atom. The topological polar surface area (TPSA) is 84.0 Å². The van der Waals surface area contributed by atoms with Gasteiger partial charge in [-0.1, -0.05) is 6.92 Å². The van der Waals surface area contributed by atoms with Crippen LogP contribution in [-0.4, -0.2) is 37.2 Å². The molecule has 96 valence electrons. The van der Waals surface area contributed by atoms with Crippen LogP contribution in [0.25, 0.3) is 0 Å². The van der Waals surface area contributed by atoms with Crippen molar-refractivity contribution in [3.05, 3.63) is 24.3 Å². The summed E-state index contributed by atoms with van der Waals surface area (Å²) in [4.78, 5) is 8.10. The third kappa shape index (κ3) is 5.20. The number of aromatic nitrogens is 2. The van der Waals surface area contributed by atoms with Gasteiger partial charge in [-0.05, 0) is 6.92 Å². The molecule has 0 spiro atoms. The Morgan fingerprint density at radius 2 is 2.18 bits per heavy atom. The van der Waals surface area contributed by atoms with Crippen LogP contribution in [0.4, 0.5) is 0 Å². The Labute approximate surface area is 102 Å². The molecule has 0 aliphatic carbocycles. The predicted molar refractivity (Wildman–Crippen MR) is 65.9 cm³/mol. The van der Waals surface area contributed by atoms with Crippen LogP contribution in [0.2, 0.25) is 0 Å². The molecule has 6 nitrogen and oxygen atoms in total. The molecule has 0 saturated heterocycles. The van der Waals surface area contributed by atoms with Crippen molar-refractivity contribution < 1.29 is 8.42 Å². The zero-order chi connectivity index (χ0) is 12.7. The summed E-state index contributed by atoms with van der Waals surface area (Å²) in [6, 6.07) is -0.0134. The van der Waals surface area contributed by atoms with Crippen molar-refractivity contribution in [3.8, 4) is 0 Å². The maximum Gasteiger partial charge on any atom is 0.212 e. The normalized spacial score (nSPS) is 13.5. The largest absolute Gasteiger partial charge is 0.308 e. The van der Waals surface area contributed by atoms with Crippen molar-refractivity contribution in [1.29, 1.82) is 0 Å². The Hall–Kier alpha value is -1.05. The molecule has 1 aromatic heterocycles. The summed E-state index contributed by atoms with van der Waals surface area (Å²) in [6.45, 7) is 4.48. The summed E-state index contributed by atoms with van der Waals surface area (Å²) in [7, 11) is -3.16. The van der Waals surface area contributed by atoms with Gasteiger partial charge in [-0.2, -0.15) is 0 Å². The van der Waals surface area contributed by atoms with Crippen molar-refractivity contribution in [3.63, 3.8) is 0 Å². The van der Waals surface area contributed by atoms with Crippen molar-refractivity contribution >= 4 is 10.0 Å². The predicted octanol–water partition coefficient (Wildman–Crippen LogP) is 0.0665. The molecule has 0 aliphatic rings. The fraction of sp³-hybridized carbons (Fsp3) is 0.600. The molecule has 0 radical (unpaired) electrons. The van der Waals surface area contributed by atoms with E-state index in [1.54, 1.807) is 25.5 Å². The fourth-order valence-corrected chi connectivity index (χ4v) is 2.31. The van der Waals surface area contributed by atoms with Crippen LogP contribution in [0, 0.1) is 0 Å². The minimum atomic E-state index is -3.16. The van der Waals surface area contributed by atoms with E-state index < -0.39 is 10.0 Å². The molecule has 1 rings (SSSR count). The minimum Gasteiger partial charge on any atom is -0.308 e. The molecular weight excluding hydrogens is 240 g/mol. The Bertz CT molecular complexity index is 421. The zero-order valence-electron chi connectivity index (χ0n) is 10.0. The summed E-state index contributed by atoms with van der Waals surface area (Å²) in [5, 5.41) is 3.09. The average molecular weight is 258 g/mol. The smallest absolute Gasteiger partial charge is 0.212 e. The van der Waals surface area contributed by atoms with E-state index in [1.165, 1.54) is 0 Å². The monoisotopic (exact) mass is 258 g/mol. The lowest BCUT2D eigenvalue weighted by Gasteiger charge is -2.12. The summed E-state index contributed by atoms with van der Waals surface area (Å²) in [5.74, 6) is 0.0610. The van der Waals surface area contributed by atoms with Crippen LogP contribution in [-0.2, 0) is 10.0 Å². The van der Waals surface area contributed by atoms with Gasteiger partial charge in [-0.15, -0.1) is 0 Å². The first-order valence-corrected chi connectivity index (χ1v) is 7.17. The number of sulfonamides is 1. The van der Waals surface area contributed by atoms with E-state index in [1.807, 2.05) is 6.92 Å². The Morgan fingerprint density at radius 3 is 2.76 bits per heavy atom. The summed E-state index contributed by atoms with van der Waals surface area (Å²) in [6.07, 6.45) is 4.88. The highest BCUT2D eigenvalue weighted by Gasteiger charge is 2.10. The molecule has 1 atom stereocenters. The third-order valence-corrected chi connectivity index (χ3v) is 3.68. The molecule has 1 unspecified atom stereocenters. The first kappa shape index (κ1) is 14.0. The molecule has 1 heterocycles. The second-order valence-corrected chi connectivity index (χ2v) is 5.55. The lowest BCUT2D eigenvalue weighted by atomic mass is 10.2. The molecule has 0 aliphatic heterocycles. The summed E-state index contributed by atoms with van der Waals surface area (Å²) < 4.78 is 25.2. The number of nitrogens with zero attached hydrogens (tertiary/aromatic N) is 2. The van der Waals surface area contributed by atoms with Gasteiger partial charge in [0, 0.05) is 37.7 Å². The molecular formula is C10H18N4O2S. The van der Waals surface area contributed by atoms with Gasteiger partial charge in [0.05, 0.1) is 11.4 Å². The van der Waals surface area contributed by atoms with Crippen LogP contribution in [0.5, 0.6) is 0 Å². The van der Waals surface area contributed by atoms with Gasteiger partial charge in [0.25, 0.3) is 0 Å². The second kappa shape index (κ2) is 6.63. The third-order valence-electron chi connectivity index (χ3n) is 2.21. The van der Waals surface area contributed by atoms with E-state index in [-0.39, 0.29) is 11.8 Å². The molecule has 17 heavy (non-hydrogen) atoms. The lowest BCUT2D eigenvalue weighted by molar-refractivity contribution is 0.557. The van der Waals surface area contributed by atoms with Crippen LogP contribution in [0.1, 0.15) is 25.6 Å². The molecule has 1 aromatic rings. The van der Waals surface area contributed by atoms with Gasteiger partial charge in [0.15, 0.2) is 0 Å². The van der Waals surface area contributed by atoms with Gasteiger partial charge >= 0.3 is 0 Å². The molecule has 0 fully saturated rings. The van der Waals surface area contributed by atoms with Crippen LogP contribution >= 0.6 is 0 Å². The fourth-order valence-electron chi connectivity index (χ4n) is 1.34. The molecule has 2 N–H and O–H groups in total. The van der Waals surface area contributed by atoms with E-state index in [2.05, 4.69) is 20.0 Å². The summed E-state index contributed by atoms with van der Waals surface area (Å²) >= 11 is 0. The number of nitrogens with one attached hydrogen (secondary N) is 2. The van der Waals surface area contributed by atoms with E-state index in [0.717, 1.165) is 5.69 Å². The van der Waals surface area contributed by atoms with Crippen molar-refractivity contribution in [1.82, 2.24) is 20.0 Å². The van der Waals surface area contributed by atoms with Gasteiger partial charge in [-0.3, -0.25) is 9.97 Å². The Balaban J connectivity index is 2.37. The average Bonchev–Trinajstić information content (AvgIpc) is 2.29. The maximum atomic E-state index is 11.4. The van der Waals surface area contributed by atoms with E-state index >= 15 is 0 Å². The van der Waals surface area contributed by atoms with E-state index in [9.17, 15) is 8.42 Å². The summed E-state index contributed by atoms with van der Waals surface area (Å²) in [5.41, 5.74) is 0.799. The number of hydrogen-bond donors (Lipinski definition) is 2. The van der Waals surface area contributed by atoms with Gasteiger partial charge < -0.3 is 5.32 Å². The first-order valence-electron chi connectivity index (χ1n) is 5.52. The van der Waals surface area contributed by atoms with Crippen molar-refractivity contribution in [2.24, 2.45) is 0 Å². The maximum absolute atomic E-state index is 11.4. The SMILES string of the molecule is CCNS(=O)(=O)CCNC(C)c1cnccn1. The molecule has 0 amide bonds.